The molecule has 0 radical (unpaired) electrons. The Morgan fingerprint density at radius 3 is 2.20 bits per heavy atom. The minimum absolute atomic E-state index is 0.00309. The monoisotopic (exact) mass is 95.0 g/mol. The summed E-state index contributed by atoms with van der Waals surface area (Å²) in [4.78, 5) is 0. The fourth-order valence-electron chi connectivity index (χ4n) is 0. The Kier molecular flexibility index (Phi) is 2.59. The molecule has 0 rings (SSSR count). The molecule has 0 heterocycles. The number of hydrogen-bond acceptors (Lipinski definition) is 2. The van der Waals surface area contributed by atoms with Gasteiger partial charge in [0.15, 0.2) is 5.50 Å². The molecule has 0 amide bonds. The fraction of sp³-hybridized carbons (Fsp3) is 1.00. The SMILES string of the molecule is NCC(F)S. The molecule has 3 heteroatoms. The second kappa shape index (κ2) is 2.48. The van der Waals surface area contributed by atoms with Crippen molar-refractivity contribution in [3.05, 3.63) is 0 Å². The molecule has 0 saturated carbocycles. The highest BCUT2D eigenvalue weighted by Crippen LogP contribution is 1.88. The van der Waals surface area contributed by atoms with Crippen molar-refractivity contribution in [3.63, 3.8) is 0 Å². The highest BCUT2D eigenvalue weighted by molar-refractivity contribution is 7.80. The number of nitrogens with two attached hydrogens (primary N) is 1. The van der Waals surface area contributed by atoms with E-state index in [1.807, 2.05) is 0 Å². The summed E-state index contributed by atoms with van der Waals surface area (Å²) in [6, 6.07) is 0. The second-order valence-electron chi connectivity index (χ2n) is 0.670. The van der Waals surface area contributed by atoms with E-state index < -0.39 is 5.50 Å². The van der Waals surface area contributed by atoms with Gasteiger partial charge >= 0.3 is 0 Å². The molecule has 1 atom stereocenters. The minimum Gasteiger partial charge on any atom is -0.327 e. The summed E-state index contributed by atoms with van der Waals surface area (Å²) in [5, 5.41) is 0. The van der Waals surface area contributed by atoms with Crippen molar-refractivity contribution in [2.45, 2.75) is 5.50 Å². The maximum atomic E-state index is 11.2. The van der Waals surface area contributed by atoms with Crippen LogP contribution in [0.5, 0.6) is 0 Å². The lowest BCUT2D eigenvalue weighted by atomic mass is 10.8. The van der Waals surface area contributed by atoms with E-state index in [1.54, 1.807) is 0 Å². The Morgan fingerprint density at radius 2 is 2.20 bits per heavy atom. The number of thiol groups is 1. The largest absolute Gasteiger partial charge is 0.327 e. The van der Waals surface area contributed by atoms with Crippen LogP contribution >= 0.6 is 12.6 Å². The fourth-order valence-corrected chi connectivity index (χ4v) is 0. The Labute approximate surface area is 35.8 Å². The van der Waals surface area contributed by atoms with Crippen molar-refractivity contribution in [3.8, 4) is 0 Å². The summed E-state index contributed by atoms with van der Waals surface area (Å²) in [6.07, 6.45) is 0. The maximum absolute atomic E-state index is 11.2. The van der Waals surface area contributed by atoms with Crippen LogP contribution in [0.4, 0.5) is 4.39 Å². The molecule has 0 fully saturated rings. The molecular formula is C2H6FNS. The van der Waals surface area contributed by atoms with Gasteiger partial charge in [0.05, 0.1) is 0 Å². The topological polar surface area (TPSA) is 26.0 Å². The Bertz CT molecular complexity index is 23.6. The standard InChI is InChI=1S/C2H6FNS/c3-2(5)1-4/h2,5H,1,4H2. The zero-order valence-electron chi connectivity index (χ0n) is 2.69. The van der Waals surface area contributed by atoms with Crippen molar-refractivity contribution < 1.29 is 4.39 Å². The third-order valence-electron chi connectivity index (χ3n) is 0.194. The molecule has 32 valence electrons. The summed E-state index contributed by atoms with van der Waals surface area (Å²) in [5.74, 6) is 0. The van der Waals surface area contributed by atoms with E-state index in [9.17, 15) is 4.39 Å². The summed E-state index contributed by atoms with van der Waals surface area (Å²) in [6.45, 7) is 0.00309. The molecule has 0 bridgehead atoms. The van der Waals surface area contributed by atoms with E-state index in [0.717, 1.165) is 0 Å². The van der Waals surface area contributed by atoms with Gasteiger partial charge in [-0.1, -0.05) is 0 Å². The first-order valence-electron chi connectivity index (χ1n) is 1.29. The van der Waals surface area contributed by atoms with E-state index in [1.165, 1.54) is 0 Å². The third kappa shape index (κ3) is 4.24. The lowest BCUT2D eigenvalue weighted by molar-refractivity contribution is 0.464. The first-order valence-corrected chi connectivity index (χ1v) is 1.81. The normalized spacial score (nSPS) is 15.0. The lowest BCUT2D eigenvalue weighted by Crippen LogP contribution is -2.07. The smallest absolute Gasteiger partial charge is 0.155 e. The van der Waals surface area contributed by atoms with Gasteiger partial charge in [-0.05, 0) is 0 Å². The van der Waals surface area contributed by atoms with Crippen LogP contribution in [0.15, 0.2) is 0 Å². The van der Waals surface area contributed by atoms with Crippen LogP contribution in [0.3, 0.4) is 0 Å². The van der Waals surface area contributed by atoms with Crippen molar-refractivity contribution in [2.24, 2.45) is 5.73 Å². The highest BCUT2D eigenvalue weighted by atomic mass is 32.1. The van der Waals surface area contributed by atoms with Crippen LogP contribution in [0.2, 0.25) is 0 Å². The minimum atomic E-state index is -1.14. The van der Waals surface area contributed by atoms with Gasteiger partial charge in [0.2, 0.25) is 0 Å². The molecule has 0 spiro atoms. The first kappa shape index (κ1) is 5.24. The van der Waals surface area contributed by atoms with Gasteiger partial charge in [0.1, 0.15) is 0 Å². The van der Waals surface area contributed by atoms with Crippen LogP contribution in [-0.4, -0.2) is 12.0 Å². The molecule has 1 unspecified atom stereocenters. The van der Waals surface area contributed by atoms with Gasteiger partial charge in [-0.15, -0.1) is 12.6 Å². The van der Waals surface area contributed by atoms with E-state index in [0.29, 0.717) is 0 Å². The summed E-state index contributed by atoms with van der Waals surface area (Å²) in [7, 11) is 0. The molecule has 1 nitrogen and oxygen atoms in total. The summed E-state index contributed by atoms with van der Waals surface area (Å²) < 4.78 is 11.2. The molecule has 0 aromatic heterocycles. The average Bonchev–Trinajstić information content (AvgIpc) is 1.38. The van der Waals surface area contributed by atoms with Gasteiger partial charge in [-0.3, -0.25) is 0 Å². The molecule has 5 heavy (non-hydrogen) atoms. The molecule has 0 aromatic carbocycles. The van der Waals surface area contributed by atoms with Crippen molar-refractivity contribution in [2.75, 3.05) is 6.54 Å². The Morgan fingerprint density at radius 1 is 2.00 bits per heavy atom. The van der Waals surface area contributed by atoms with Crippen molar-refractivity contribution in [1.82, 2.24) is 0 Å². The zero-order chi connectivity index (χ0) is 4.28. The highest BCUT2D eigenvalue weighted by Gasteiger charge is 1.86. The van der Waals surface area contributed by atoms with E-state index in [2.05, 4.69) is 12.6 Å². The molecular weight excluding hydrogens is 89.1 g/mol. The van der Waals surface area contributed by atoms with Crippen LogP contribution in [-0.2, 0) is 0 Å². The van der Waals surface area contributed by atoms with Crippen LogP contribution in [0.25, 0.3) is 0 Å². The van der Waals surface area contributed by atoms with Crippen molar-refractivity contribution >= 4 is 12.6 Å². The van der Waals surface area contributed by atoms with Gasteiger partial charge in [-0.25, -0.2) is 4.39 Å². The molecule has 0 aliphatic heterocycles. The second-order valence-corrected chi connectivity index (χ2v) is 1.23. The van der Waals surface area contributed by atoms with Crippen LogP contribution in [0.1, 0.15) is 0 Å². The maximum Gasteiger partial charge on any atom is 0.155 e. The van der Waals surface area contributed by atoms with Crippen molar-refractivity contribution in [1.29, 1.82) is 0 Å². The van der Waals surface area contributed by atoms with Crippen LogP contribution in [0, 0.1) is 0 Å². The Hall–Kier alpha value is 0.240. The quantitative estimate of drug-likeness (QED) is 0.446. The number of halogens is 1. The first-order chi connectivity index (χ1) is 2.27. The molecule has 0 aliphatic rings. The van der Waals surface area contributed by atoms with Gasteiger partial charge in [0, 0.05) is 6.54 Å². The zero-order valence-corrected chi connectivity index (χ0v) is 3.58. The van der Waals surface area contributed by atoms with Gasteiger partial charge in [-0.2, -0.15) is 0 Å². The average molecular weight is 95.1 g/mol. The number of hydrogen-bond donors (Lipinski definition) is 2. The summed E-state index contributed by atoms with van der Waals surface area (Å²) in [5.41, 5.74) is 3.58. The van der Waals surface area contributed by atoms with E-state index >= 15 is 0 Å². The lowest BCUT2D eigenvalue weighted by Gasteiger charge is -1.85. The van der Waals surface area contributed by atoms with Gasteiger partial charge in [0.25, 0.3) is 0 Å². The number of rotatable bonds is 1. The predicted molar refractivity (Wildman–Crippen MR) is 22.9 cm³/mol. The molecule has 0 saturated heterocycles. The molecule has 0 aliphatic carbocycles. The van der Waals surface area contributed by atoms with Crippen LogP contribution < -0.4 is 5.73 Å². The molecule has 2 N–H and O–H groups in total. The number of alkyl halides is 1. The van der Waals surface area contributed by atoms with E-state index in [-0.39, 0.29) is 6.54 Å². The Balaban J connectivity index is 2.54. The van der Waals surface area contributed by atoms with Gasteiger partial charge < -0.3 is 5.73 Å². The predicted octanol–water partition coefficient (Wildman–Crippen LogP) is 0.170. The third-order valence-corrected chi connectivity index (χ3v) is 0.405. The molecule has 0 aromatic rings. The summed E-state index contributed by atoms with van der Waals surface area (Å²) >= 11 is 3.31. The van der Waals surface area contributed by atoms with E-state index in [4.69, 9.17) is 5.73 Å².